The van der Waals surface area contributed by atoms with Gasteiger partial charge in [0.05, 0.1) is 0 Å². The van der Waals surface area contributed by atoms with Crippen molar-refractivity contribution in [2.45, 2.75) is 25.7 Å². The number of nitrogens with two attached hydrogens (primary N) is 1. The molecule has 3 nitrogen and oxygen atoms in total. The molecule has 0 spiro atoms. The van der Waals surface area contributed by atoms with Gasteiger partial charge >= 0.3 is 0 Å². The zero-order chi connectivity index (χ0) is 11.3. The summed E-state index contributed by atoms with van der Waals surface area (Å²) in [5.74, 6) is 4.13. The van der Waals surface area contributed by atoms with Gasteiger partial charge in [0.15, 0.2) is 0 Å². The van der Waals surface area contributed by atoms with E-state index in [1.807, 2.05) is 11.9 Å². The van der Waals surface area contributed by atoms with Crippen molar-refractivity contribution >= 4 is 5.91 Å². The highest BCUT2D eigenvalue weighted by Crippen LogP contribution is 2.69. The summed E-state index contributed by atoms with van der Waals surface area (Å²) < 4.78 is 0. The Hall–Kier alpha value is -0.570. The van der Waals surface area contributed by atoms with Gasteiger partial charge in [-0.1, -0.05) is 0 Å². The fourth-order valence-corrected chi connectivity index (χ4v) is 4.35. The summed E-state index contributed by atoms with van der Waals surface area (Å²) in [5, 5.41) is 0. The van der Waals surface area contributed by atoms with E-state index in [1.54, 1.807) is 0 Å². The maximum atomic E-state index is 12.2. The van der Waals surface area contributed by atoms with E-state index in [0.29, 0.717) is 18.4 Å². The van der Waals surface area contributed by atoms with Crippen LogP contribution in [0.15, 0.2) is 0 Å². The lowest BCUT2D eigenvalue weighted by Gasteiger charge is -2.18. The van der Waals surface area contributed by atoms with Gasteiger partial charge in [-0.2, -0.15) is 0 Å². The average molecular weight is 222 g/mol. The molecule has 2 bridgehead atoms. The molecule has 3 fully saturated rings. The number of rotatable bonds is 4. The molecule has 3 aliphatic rings. The molecular weight excluding hydrogens is 200 g/mol. The topological polar surface area (TPSA) is 46.3 Å². The lowest BCUT2D eigenvalue weighted by atomic mass is 10.0. The van der Waals surface area contributed by atoms with Crippen LogP contribution >= 0.6 is 0 Å². The highest BCUT2D eigenvalue weighted by Gasteiger charge is 2.67. The average Bonchev–Trinajstić information content (AvgIpc) is 2.73. The van der Waals surface area contributed by atoms with Crippen molar-refractivity contribution in [3.63, 3.8) is 0 Å². The van der Waals surface area contributed by atoms with E-state index < -0.39 is 0 Å². The Balaban J connectivity index is 1.58. The Kier molecular flexibility index (Phi) is 2.46. The van der Waals surface area contributed by atoms with E-state index in [-0.39, 0.29) is 0 Å². The Morgan fingerprint density at radius 2 is 1.94 bits per heavy atom. The normalized spacial score (nSPS) is 43.2. The van der Waals surface area contributed by atoms with E-state index in [2.05, 4.69) is 0 Å². The summed E-state index contributed by atoms with van der Waals surface area (Å²) in [6, 6.07) is 0. The van der Waals surface area contributed by atoms with Gasteiger partial charge in [-0.3, -0.25) is 4.79 Å². The van der Waals surface area contributed by atoms with E-state index in [0.717, 1.165) is 36.6 Å². The summed E-state index contributed by atoms with van der Waals surface area (Å²) in [7, 11) is 1.94. The lowest BCUT2D eigenvalue weighted by molar-refractivity contribution is -0.132. The summed E-state index contributed by atoms with van der Waals surface area (Å²) in [6.07, 6.45) is 5.13. The van der Waals surface area contributed by atoms with Crippen LogP contribution in [0.5, 0.6) is 0 Å². The molecule has 16 heavy (non-hydrogen) atoms. The van der Waals surface area contributed by atoms with Crippen LogP contribution in [-0.2, 0) is 4.79 Å². The Morgan fingerprint density at radius 3 is 2.50 bits per heavy atom. The third-order valence-corrected chi connectivity index (χ3v) is 5.09. The quantitative estimate of drug-likeness (QED) is 0.774. The highest BCUT2D eigenvalue weighted by molar-refractivity contribution is 5.82. The summed E-state index contributed by atoms with van der Waals surface area (Å²) in [5.41, 5.74) is 5.48. The van der Waals surface area contributed by atoms with Gasteiger partial charge < -0.3 is 10.6 Å². The molecule has 3 heteroatoms. The molecule has 0 aromatic carbocycles. The Morgan fingerprint density at radius 1 is 1.31 bits per heavy atom. The number of carbonyl (C=O) groups excluding carboxylic acids is 1. The molecule has 3 rings (SSSR count). The number of hydrogen-bond donors (Lipinski definition) is 1. The first-order chi connectivity index (χ1) is 7.74. The standard InChI is InChI=1S/C13H22N2O/c1-15(6-2-5-14)13(16)12-10-8-3-4-9(7-8)11(10)12/h8-12H,2-7,14H2,1H3. The van der Waals surface area contributed by atoms with Crippen molar-refractivity contribution in [2.24, 2.45) is 35.3 Å². The second-order valence-electron chi connectivity index (χ2n) is 5.92. The highest BCUT2D eigenvalue weighted by atomic mass is 16.2. The zero-order valence-electron chi connectivity index (χ0n) is 10.1. The molecule has 0 radical (unpaired) electrons. The minimum atomic E-state index is 0.397. The van der Waals surface area contributed by atoms with Crippen molar-refractivity contribution in [3.05, 3.63) is 0 Å². The van der Waals surface area contributed by atoms with Crippen LogP contribution in [0, 0.1) is 29.6 Å². The van der Waals surface area contributed by atoms with Crippen molar-refractivity contribution in [3.8, 4) is 0 Å². The van der Waals surface area contributed by atoms with Crippen LogP contribution in [-0.4, -0.2) is 30.9 Å². The molecule has 0 aromatic heterocycles. The van der Waals surface area contributed by atoms with Crippen molar-refractivity contribution < 1.29 is 4.79 Å². The van der Waals surface area contributed by atoms with Gasteiger partial charge in [0.1, 0.15) is 0 Å². The maximum absolute atomic E-state index is 12.2. The second-order valence-corrected chi connectivity index (χ2v) is 5.92. The fraction of sp³-hybridized carbons (Fsp3) is 0.923. The van der Waals surface area contributed by atoms with E-state index in [9.17, 15) is 4.79 Å². The Labute approximate surface area is 97.4 Å². The first-order valence-corrected chi connectivity index (χ1v) is 6.69. The minimum absolute atomic E-state index is 0.397. The van der Waals surface area contributed by atoms with Crippen LogP contribution in [0.3, 0.4) is 0 Å². The zero-order valence-corrected chi connectivity index (χ0v) is 10.1. The molecule has 1 amide bonds. The van der Waals surface area contributed by atoms with Gasteiger partial charge in [-0.15, -0.1) is 0 Å². The molecule has 0 heterocycles. The number of fused-ring (bicyclic) bond motifs is 5. The van der Waals surface area contributed by atoms with Crippen molar-refractivity contribution in [1.82, 2.24) is 4.90 Å². The van der Waals surface area contributed by atoms with E-state index in [1.165, 1.54) is 19.3 Å². The molecular formula is C13H22N2O. The van der Waals surface area contributed by atoms with Crippen molar-refractivity contribution in [1.29, 1.82) is 0 Å². The molecule has 2 N–H and O–H groups in total. The van der Waals surface area contributed by atoms with E-state index in [4.69, 9.17) is 5.73 Å². The molecule has 0 saturated heterocycles. The summed E-state index contributed by atoms with van der Waals surface area (Å²) in [6.45, 7) is 1.51. The largest absolute Gasteiger partial charge is 0.345 e. The first-order valence-electron chi connectivity index (χ1n) is 6.69. The first kappa shape index (κ1) is 10.6. The predicted molar refractivity (Wildman–Crippen MR) is 62.6 cm³/mol. The molecule has 0 aromatic rings. The molecule has 3 saturated carbocycles. The third kappa shape index (κ3) is 1.41. The van der Waals surface area contributed by atoms with Crippen LogP contribution in [0.25, 0.3) is 0 Å². The second kappa shape index (κ2) is 3.73. The SMILES string of the molecule is CN(CCCN)C(=O)C1C2C3CCC(C3)C12. The molecule has 4 unspecified atom stereocenters. The maximum Gasteiger partial charge on any atom is 0.226 e. The van der Waals surface area contributed by atoms with Crippen LogP contribution in [0.1, 0.15) is 25.7 Å². The number of carbonyl (C=O) groups is 1. The monoisotopic (exact) mass is 222 g/mol. The molecule has 3 aliphatic carbocycles. The smallest absolute Gasteiger partial charge is 0.226 e. The summed E-state index contributed by atoms with van der Waals surface area (Å²) >= 11 is 0. The third-order valence-electron chi connectivity index (χ3n) is 5.09. The lowest BCUT2D eigenvalue weighted by Crippen LogP contribution is -2.32. The van der Waals surface area contributed by atoms with Crippen LogP contribution in [0.2, 0.25) is 0 Å². The molecule has 4 atom stereocenters. The number of amides is 1. The predicted octanol–water partition coefficient (Wildman–Crippen LogP) is 1.09. The van der Waals surface area contributed by atoms with Gasteiger partial charge in [0, 0.05) is 19.5 Å². The number of nitrogens with zero attached hydrogens (tertiary/aromatic N) is 1. The van der Waals surface area contributed by atoms with Gasteiger partial charge in [-0.25, -0.2) is 0 Å². The van der Waals surface area contributed by atoms with Crippen molar-refractivity contribution in [2.75, 3.05) is 20.1 Å². The van der Waals surface area contributed by atoms with Gasteiger partial charge in [0.25, 0.3) is 0 Å². The number of hydrogen-bond acceptors (Lipinski definition) is 2. The summed E-state index contributed by atoms with van der Waals surface area (Å²) in [4.78, 5) is 14.1. The van der Waals surface area contributed by atoms with Crippen LogP contribution < -0.4 is 5.73 Å². The molecule has 0 aliphatic heterocycles. The van der Waals surface area contributed by atoms with Gasteiger partial charge in [0.2, 0.25) is 5.91 Å². The van der Waals surface area contributed by atoms with E-state index >= 15 is 0 Å². The molecule has 90 valence electrons. The van der Waals surface area contributed by atoms with Gasteiger partial charge in [-0.05, 0) is 55.9 Å². The minimum Gasteiger partial charge on any atom is -0.345 e. The fourth-order valence-electron chi connectivity index (χ4n) is 4.35. The van der Waals surface area contributed by atoms with Crippen LogP contribution in [0.4, 0.5) is 0 Å². The Bertz CT molecular complexity index is 288.